The number of aromatic nitrogens is 5. The predicted octanol–water partition coefficient (Wildman–Crippen LogP) is 2.00. The van der Waals surface area contributed by atoms with Crippen LogP contribution in [0.4, 0.5) is 16.0 Å². The van der Waals surface area contributed by atoms with E-state index < -0.39 is 22.3 Å². The van der Waals surface area contributed by atoms with Crippen molar-refractivity contribution in [3.63, 3.8) is 0 Å². The number of nitrogens with zero attached hydrogens (tertiary/aromatic N) is 5. The van der Waals surface area contributed by atoms with Gasteiger partial charge in [-0.05, 0) is 17.7 Å². The Kier molecular flexibility index (Phi) is 4.39. The van der Waals surface area contributed by atoms with E-state index in [0.29, 0.717) is 5.56 Å². The van der Waals surface area contributed by atoms with Gasteiger partial charge in [0.25, 0.3) is 5.91 Å². The number of rotatable bonds is 5. The van der Waals surface area contributed by atoms with Crippen molar-refractivity contribution in [2.45, 2.75) is 6.54 Å². The van der Waals surface area contributed by atoms with Crippen LogP contribution >= 0.6 is 11.6 Å². The van der Waals surface area contributed by atoms with Crippen LogP contribution in [0.1, 0.15) is 16.1 Å². The summed E-state index contributed by atoms with van der Waals surface area (Å²) in [5.74, 6) is -1.32. The van der Waals surface area contributed by atoms with Crippen molar-refractivity contribution >= 4 is 29.1 Å². The fourth-order valence-corrected chi connectivity index (χ4v) is 2.23. The lowest BCUT2D eigenvalue weighted by molar-refractivity contribution is -0.385. The molecule has 0 aliphatic rings. The Morgan fingerprint density at radius 3 is 3.00 bits per heavy atom. The molecule has 0 bridgehead atoms. The minimum Gasteiger partial charge on any atom is -0.288 e. The molecular weight excluding hydrogens is 357 g/mol. The molecule has 0 spiro atoms. The van der Waals surface area contributed by atoms with Gasteiger partial charge in [-0.15, -0.1) is 5.10 Å². The van der Waals surface area contributed by atoms with Crippen LogP contribution in [0.15, 0.2) is 30.7 Å². The van der Waals surface area contributed by atoms with Crippen molar-refractivity contribution in [2.24, 2.45) is 0 Å². The van der Waals surface area contributed by atoms with Crippen LogP contribution in [-0.4, -0.2) is 35.8 Å². The van der Waals surface area contributed by atoms with Gasteiger partial charge in [0.1, 0.15) is 18.3 Å². The molecule has 1 amide bonds. The van der Waals surface area contributed by atoms with E-state index in [1.54, 1.807) is 0 Å². The summed E-state index contributed by atoms with van der Waals surface area (Å²) in [7, 11) is 0. The number of amides is 1. The maximum absolute atomic E-state index is 13.0. The Balaban J connectivity index is 1.72. The molecule has 0 fully saturated rings. The first-order valence-electron chi connectivity index (χ1n) is 6.76. The Hall–Kier alpha value is -3.34. The van der Waals surface area contributed by atoms with Gasteiger partial charge in [-0.1, -0.05) is 17.7 Å². The highest BCUT2D eigenvalue weighted by molar-refractivity contribution is 6.31. The number of anilines is 1. The molecule has 128 valence electrons. The van der Waals surface area contributed by atoms with E-state index in [1.807, 2.05) is 0 Å². The highest BCUT2D eigenvalue weighted by atomic mass is 35.5. The topological polar surface area (TPSA) is 132 Å². The number of carbonyl (C=O) groups is 1. The molecule has 25 heavy (non-hydrogen) atoms. The smallest absolute Gasteiger partial charge is 0.288 e. The van der Waals surface area contributed by atoms with E-state index in [0.717, 1.165) is 6.20 Å². The molecular formula is C13H9ClFN7O3. The van der Waals surface area contributed by atoms with Crippen LogP contribution in [0, 0.1) is 15.9 Å². The number of aromatic amines is 1. The number of hydrogen-bond donors (Lipinski definition) is 2. The van der Waals surface area contributed by atoms with E-state index in [9.17, 15) is 19.3 Å². The number of H-pyrrole nitrogens is 1. The average Bonchev–Trinajstić information content (AvgIpc) is 3.19. The van der Waals surface area contributed by atoms with Crippen molar-refractivity contribution in [1.29, 1.82) is 0 Å². The van der Waals surface area contributed by atoms with Gasteiger partial charge >= 0.3 is 5.69 Å². The van der Waals surface area contributed by atoms with E-state index in [4.69, 9.17) is 11.6 Å². The van der Waals surface area contributed by atoms with Gasteiger partial charge in [0.2, 0.25) is 11.6 Å². The number of nitro groups is 1. The zero-order valence-corrected chi connectivity index (χ0v) is 13.1. The monoisotopic (exact) mass is 365 g/mol. The minimum atomic E-state index is -0.804. The molecule has 3 aromatic rings. The first-order valence-corrected chi connectivity index (χ1v) is 7.14. The number of hydrogen-bond acceptors (Lipinski definition) is 6. The summed E-state index contributed by atoms with van der Waals surface area (Å²) in [6.07, 6.45) is 2.26. The standard InChI is InChI=1S/C13H9ClFN7O3/c14-9-3-8(15)2-1-7(9)5-21-6-16-13(20-21)18-12(23)11-10(22(24)25)4-17-19-11/h1-4,6H,5H2,(H,17,19)(H,18,20,23). The summed E-state index contributed by atoms with van der Waals surface area (Å²) in [4.78, 5) is 26.0. The fraction of sp³-hybridized carbons (Fsp3) is 0.0769. The Bertz CT molecular complexity index is 955. The van der Waals surface area contributed by atoms with E-state index in [1.165, 1.54) is 29.2 Å². The normalized spacial score (nSPS) is 10.6. The van der Waals surface area contributed by atoms with Crippen LogP contribution in [0.25, 0.3) is 0 Å². The summed E-state index contributed by atoms with van der Waals surface area (Å²) in [6, 6.07) is 3.94. The second kappa shape index (κ2) is 6.65. The molecule has 0 saturated carbocycles. The molecule has 0 unspecified atom stereocenters. The number of benzene rings is 1. The van der Waals surface area contributed by atoms with Gasteiger partial charge in [-0.2, -0.15) is 5.10 Å². The van der Waals surface area contributed by atoms with Gasteiger partial charge in [0.15, 0.2) is 0 Å². The lowest BCUT2D eigenvalue weighted by Crippen LogP contribution is -2.15. The number of halogens is 2. The molecule has 3 rings (SSSR count). The first-order chi connectivity index (χ1) is 11.9. The van der Waals surface area contributed by atoms with Crippen LogP contribution in [0.5, 0.6) is 0 Å². The molecule has 2 N–H and O–H groups in total. The predicted molar refractivity (Wildman–Crippen MR) is 83.7 cm³/mol. The highest BCUT2D eigenvalue weighted by Crippen LogP contribution is 2.19. The van der Waals surface area contributed by atoms with E-state index in [2.05, 4.69) is 25.6 Å². The maximum atomic E-state index is 13.0. The maximum Gasteiger partial charge on any atom is 0.319 e. The van der Waals surface area contributed by atoms with Gasteiger partial charge in [-0.25, -0.2) is 14.1 Å². The molecule has 10 nitrogen and oxygen atoms in total. The molecule has 12 heteroatoms. The van der Waals surface area contributed by atoms with Crippen LogP contribution in [-0.2, 0) is 6.54 Å². The molecule has 2 aromatic heterocycles. The summed E-state index contributed by atoms with van der Waals surface area (Å²) in [5, 5.41) is 23.1. The molecule has 0 saturated heterocycles. The zero-order valence-electron chi connectivity index (χ0n) is 12.3. The Morgan fingerprint density at radius 2 is 2.28 bits per heavy atom. The van der Waals surface area contributed by atoms with E-state index >= 15 is 0 Å². The molecule has 2 heterocycles. The molecule has 0 aliphatic heterocycles. The van der Waals surface area contributed by atoms with Gasteiger partial charge in [-0.3, -0.25) is 25.3 Å². The molecule has 0 aliphatic carbocycles. The van der Waals surface area contributed by atoms with Crippen molar-refractivity contribution in [3.8, 4) is 0 Å². The van der Waals surface area contributed by atoms with E-state index in [-0.39, 0.29) is 23.2 Å². The summed E-state index contributed by atoms with van der Waals surface area (Å²) < 4.78 is 14.4. The summed E-state index contributed by atoms with van der Waals surface area (Å²) in [6.45, 7) is 0.201. The first kappa shape index (κ1) is 16.5. The van der Waals surface area contributed by atoms with Gasteiger partial charge in [0.05, 0.1) is 11.5 Å². The van der Waals surface area contributed by atoms with Gasteiger partial charge in [0, 0.05) is 5.02 Å². The second-order valence-corrected chi connectivity index (χ2v) is 5.25. The number of nitrogens with one attached hydrogen (secondary N) is 2. The molecule has 0 atom stereocenters. The minimum absolute atomic E-state index is 0.0628. The quantitative estimate of drug-likeness (QED) is 0.525. The summed E-state index contributed by atoms with van der Waals surface area (Å²) >= 11 is 5.94. The third-order valence-electron chi connectivity index (χ3n) is 3.15. The molecule has 0 radical (unpaired) electrons. The highest BCUT2D eigenvalue weighted by Gasteiger charge is 2.23. The Morgan fingerprint density at radius 1 is 1.48 bits per heavy atom. The van der Waals surface area contributed by atoms with Crippen molar-refractivity contribution in [3.05, 3.63) is 62.9 Å². The second-order valence-electron chi connectivity index (χ2n) is 4.84. The van der Waals surface area contributed by atoms with Crippen molar-refractivity contribution in [1.82, 2.24) is 25.0 Å². The Labute approximate surface area is 143 Å². The third-order valence-corrected chi connectivity index (χ3v) is 3.50. The van der Waals surface area contributed by atoms with Crippen molar-refractivity contribution < 1.29 is 14.1 Å². The lowest BCUT2D eigenvalue weighted by Gasteiger charge is -2.04. The summed E-state index contributed by atoms with van der Waals surface area (Å²) in [5.41, 5.74) is -0.173. The van der Waals surface area contributed by atoms with Crippen LogP contribution in [0.2, 0.25) is 5.02 Å². The zero-order chi connectivity index (χ0) is 18.0. The largest absolute Gasteiger partial charge is 0.319 e. The SMILES string of the molecule is O=C(Nc1ncn(Cc2ccc(F)cc2Cl)n1)c1[nH]ncc1[N+](=O)[O-]. The fourth-order valence-electron chi connectivity index (χ4n) is 2.00. The molecule has 1 aromatic carbocycles. The van der Waals surface area contributed by atoms with Crippen molar-refractivity contribution in [2.75, 3.05) is 5.32 Å². The van der Waals surface area contributed by atoms with Crippen LogP contribution in [0.3, 0.4) is 0 Å². The third kappa shape index (κ3) is 3.61. The van der Waals surface area contributed by atoms with Crippen LogP contribution < -0.4 is 5.32 Å². The lowest BCUT2D eigenvalue weighted by atomic mass is 10.2. The van der Waals surface area contributed by atoms with Gasteiger partial charge < -0.3 is 0 Å². The number of carbonyl (C=O) groups excluding carboxylic acids is 1. The average molecular weight is 366 g/mol.